The number of alkyl halides is 3. The molecule has 3 rings (SSSR count). The van der Waals surface area contributed by atoms with Gasteiger partial charge in [-0.05, 0) is 43.4 Å². The maximum Gasteiger partial charge on any atom is 0.417 e. The highest BCUT2D eigenvalue weighted by atomic mass is 19.4. The van der Waals surface area contributed by atoms with Crippen molar-refractivity contribution in [1.29, 1.82) is 0 Å². The van der Waals surface area contributed by atoms with E-state index in [0.717, 1.165) is 5.56 Å². The van der Waals surface area contributed by atoms with E-state index in [1.807, 2.05) is 50.2 Å². The molecule has 0 saturated carbocycles. The summed E-state index contributed by atoms with van der Waals surface area (Å²) in [4.78, 5) is 12.6. The van der Waals surface area contributed by atoms with Crippen LogP contribution in [0.2, 0.25) is 0 Å². The van der Waals surface area contributed by atoms with Crippen molar-refractivity contribution >= 4 is 11.6 Å². The minimum Gasteiger partial charge on any atom is -0.383 e. The summed E-state index contributed by atoms with van der Waals surface area (Å²) >= 11 is 0. The smallest absolute Gasteiger partial charge is 0.383 e. The SMILES string of the molecule is CC.Nc1c(C(=O)CCC(O)(CCCc2ccccc2)C(F)(F)F)cnn1-c1ccccc1. The minimum absolute atomic E-state index is 0.0395. The summed E-state index contributed by atoms with van der Waals surface area (Å²) < 4.78 is 42.1. The Hall–Kier alpha value is -3.13. The first-order valence-corrected chi connectivity index (χ1v) is 11.0. The zero-order chi connectivity index (χ0) is 24.5. The number of halogens is 3. The van der Waals surface area contributed by atoms with E-state index in [4.69, 9.17) is 5.73 Å². The molecule has 0 fully saturated rings. The number of nitrogens with zero attached hydrogens (tertiary/aromatic N) is 2. The minimum atomic E-state index is -4.84. The third kappa shape index (κ3) is 6.68. The van der Waals surface area contributed by atoms with Crippen LogP contribution in [-0.2, 0) is 6.42 Å². The van der Waals surface area contributed by atoms with Gasteiger partial charge in [-0.2, -0.15) is 18.3 Å². The van der Waals surface area contributed by atoms with Crippen LogP contribution in [-0.4, -0.2) is 32.4 Å². The number of carbonyl (C=O) groups excluding carboxylic acids is 1. The molecular weight excluding hydrogens is 431 g/mol. The fourth-order valence-electron chi connectivity index (χ4n) is 3.44. The van der Waals surface area contributed by atoms with Gasteiger partial charge in [0.05, 0.1) is 17.4 Å². The number of nitrogen functional groups attached to an aromatic ring is 1. The first kappa shape index (κ1) is 26.1. The number of aromatic nitrogens is 2. The molecule has 1 heterocycles. The number of rotatable bonds is 9. The van der Waals surface area contributed by atoms with Gasteiger partial charge in [0.25, 0.3) is 0 Å². The zero-order valence-corrected chi connectivity index (χ0v) is 18.8. The average molecular weight is 462 g/mol. The van der Waals surface area contributed by atoms with E-state index in [1.54, 1.807) is 24.3 Å². The monoisotopic (exact) mass is 461 g/mol. The molecule has 8 heteroatoms. The van der Waals surface area contributed by atoms with Gasteiger partial charge < -0.3 is 10.8 Å². The van der Waals surface area contributed by atoms with E-state index in [9.17, 15) is 23.1 Å². The number of carbonyl (C=O) groups is 1. The fraction of sp³-hybridized carbons (Fsp3) is 0.360. The van der Waals surface area contributed by atoms with Crippen LogP contribution in [0.15, 0.2) is 66.9 Å². The largest absolute Gasteiger partial charge is 0.417 e. The van der Waals surface area contributed by atoms with Crippen LogP contribution >= 0.6 is 0 Å². The average Bonchev–Trinajstić information content (AvgIpc) is 3.20. The van der Waals surface area contributed by atoms with E-state index in [-0.39, 0.29) is 17.8 Å². The van der Waals surface area contributed by atoms with E-state index >= 15 is 0 Å². The van der Waals surface area contributed by atoms with Gasteiger partial charge in [-0.15, -0.1) is 0 Å². The number of ketones is 1. The molecule has 3 N–H and O–H groups in total. The van der Waals surface area contributed by atoms with Crippen molar-refractivity contribution in [1.82, 2.24) is 9.78 Å². The van der Waals surface area contributed by atoms with Crippen molar-refractivity contribution in [3.8, 4) is 5.69 Å². The van der Waals surface area contributed by atoms with Crippen LogP contribution in [0, 0.1) is 0 Å². The standard InChI is InChI=1S/C23H24F3N3O2.C2H6/c24-23(25,26)22(31,14-7-10-17-8-3-1-4-9-17)15-13-20(30)19-16-28-29(21(19)27)18-11-5-2-6-12-18;1-2/h1-6,8-9,11-12,16,31H,7,10,13-15,27H2;1-2H3. The maximum atomic E-state index is 13.6. The predicted molar refractivity (Wildman–Crippen MR) is 123 cm³/mol. The molecule has 1 unspecified atom stereocenters. The summed E-state index contributed by atoms with van der Waals surface area (Å²) in [6.07, 6.45) is -4.77. The van der Waals surface area contributed by atoms with Gasteiger partial charge >= 0.3 is 6.18 Å². The maximum absolute atomic E-state index is 13.6. The third-order valence-electron chi connectivity index (χ3n) is 5.30. The highest BCUT2D eigenvalue weighted by molar-refractivity contribution is 6.00. The summed E-state index contributed by atoms with van der Waals surface area (Å²) in [6, 6.07) is 17.9. The van der Waals surface area contributed by atoms with Gasteiger partial charge in [-0.1, -0.05) is 62.4 Å². The summed E-state index contributed by atoms with van der Waals surface area (Å²) in [5.41, 5.74) is 4.62. The number of hydrogen-bond acceptors (Lipinski definition) is 4. The van der Waals surface area contributed by atoms with Gasteiger partial charge in [-0.3, -0.25) is 4.79 Å². The number of aryl methyl sites for hydroxylation is 1. The molecule has 0 spiro atoms. The summed E-state index contributed by atoms with van der Waals surface area (Å²) in [6.45, 7) is 4.00. The van der Waals surface area contributed by atoms with Crippen LogP contribution in [0.4, 0.5) is 19.0 Å². The molecule has 0 aliphatic heterocycles. The number of Topliss-reactive ketones (excluding diaryl/α,β-unsaturated/α-hetero) is 1. The number of benzene rings is 2. The summed E-state index contributed by atoms with van der Waals surface area (Å²) in [7, 11) is 0. The van der Waals surface area contributed by atoms with E-state index in [0.29, 0.717) is 12.1 Å². The van der Waals surface area contributed by atoms with Crippen LogP contribution in [0.25, 0.3) is 5.69 Å². The Kier molecular flexibility index (Phi) is 9.22. The molecule has 0 radical (unpaired) electrons. The number of nitrogens with two attached hydrogens (primary N) is 1. The Morgan fingerprint density at radius 2 is 1.58 bits per heavy atom. The van der Waals surface area contributed by atoms with E-state index in [1.165, 1.54) is 10.9 Å². The van der Waals surface area contributed by atoms with E-state index < -0.39 is 36.8 Å². The second kappa shape index (κ2) is 11.7. The molecule has 178 valence electrons. The van der Waals surface area contributed by atoms with Crippen molar-refractivity contribution in [2.75, 3.05) is 5.73 Å². The van der Waals surface area contributed by atoms with Gasteiger partial charge in [0, 0.05) is 6.42 Å². The normalized spacial score (nSPS) is 13.0. The molecule has 0 amide bonds. The van der Waals surface area contributed by atoms with Crippen LogP contribution in [0.3, 0.4) is 0 Å². The van der Waals surface area contributed by atoms with Gasteiger partial charge in [0.1, 0.15) is 5.82 Å². The molecule has 0 aliphatic carbocycles. The van der Waals surface area contributed by atoms with Gasteiger partial charge in [0.2, 0.25) is 0 Å². The predicted octanol–water partition coefficient (Wildman–Crippen LogP) is 5.76. The molecule has 5 nitrogen and oxygen atoms in total. The molecule has 3 aromatic rings. The van der Waals surface area contributed by atoms with Crippen LogP contribution in [0.5, 0.6) is 0 Å². The lowest BCUT2D eigenvalue weighted by atomic mass is 9.88. The Labute approximate surface area is 192 Å². The summed E-state index contributed by atoms with van der Waals surface area (Å²) in [5, 5.41) is 14.4. The first-order valence-electron chi connectivity index (χ1n) is 11.0. The number of aliphatic hydroxyl groups is 1. The number of para-hydroxylation sites is 1. The second-order valence-electron chi connectivity index (χ2n) is 7.48. The van der Waals surface area contributed by atoms with Gasteiger partial charge in [0.15, 0.2) is 11.4 Å². The van der Waals surface area contributed by atoms with Crippen molar-refractivity contribution in [3.63, 3.8) is 0 Å². The third-order valence-corrected chi connectivity index (χ3v) is 5.30. The lowest BCUT2D eigenvalue weighted by Gasteiger charge is -2.30. The Morgan fingerprint density at radius 3 is 2.15 bits per heavy atom. The number of anilines is 1. The molecule has 1 atom stereocenters. The lowest BCUT2D eigenvalue weighted by molar-refractivity contribution is -0.264. The zero-order valence-electron chi connectivity index (χ0n) is 18.8. The van der Waals surface area contributed by atoms with Crippen molar-refractivity contribution in [2.45, 2.75) is 57.7 Å². The van der Waals surface area contributed by atoms with E-state index in [2.05, 4.69) is 5.10 Å². The summed E-state index contributed by atoms with van der Waals surface area (Å²) in [5.74, 6) is -0.541. The lowest BCUT2D eigenvalue weighted by Crippen LogP contribution is -2.45. The molecule has 1 aromatic heterocycles. The Morgan fingerprint density at radius 1 is 1.00 bits per heavy atom. The van der Waals surface area contributed by atoms with Crippen LogP contribution in [0.1, 0.15) is 55.5 Å². The second-order valence-corrected chi connectivity index (χ2v) is 7.48. The van der Waals surface area contributed by atoms with Gasteiger partial charge in [-0.25, -0.2) is 4.68 Å². The highest BCUT2D eigenvalue weighted by Gasteiger charge is 2.52. The molecule has 2 aromatic carbocycles. The molecular formula is C25H30F3N3O2. The van der Waals surface area contributed by atoms with Crippen molar-refractivity contribution in [2.24, 2.45) is 0 Å². The number of hydrogen-bond donors (Lipinski definition) is 2. The first-order chi connectivity index (χ1) is 15.7. The molecule has 33 heavy (non-hydrogen) atoms. The van der Waals surface area contributed by atoms with Crippen molar-refractivity contribution < 1.29 is 23.1 Å². The highest BCUT2D eigenvalue weighted by Crippen LogP contribution is 2.38. The topological polar surface area (TPSA) is 81.1 Å². The Bertz CT molecular complexity index is 1000. The van der Waals surface area contributed by atoms with Crippen LogP contribution < -0.4 is 5.73 Å². The Balaban J connectivity index is 0.00000187. The van der Waals surface area contributed by atoms with Crippen molar-refractivity contribution in [3.05, 3.63) is 78.0 Å². The quantitative estimate of drug-likeness (QED) is 0.397. The molecule has 0 saturated heterocycles. The molecule has 0 bridgehead atoms. The fourth-order valence-corrected chi connectivity index (χ4v) is 3.44. The molecule has 0 aliphatic rings.